The van der Waals surface area contributed by atoms with Crippen molar-refractivity contribution in [1.82, 2.24) is 10.1 Å². The number of hydrogen-bond donors (Lipinski definition) is 1. The molecule has 1 aromatic heterocycles. The Hall–Kier alpha value is -1.88. The fraction of sp³-hybridized carbons (Fsp3) is 0.467. The molecule has 5 nitrogen and oxygen atoms in total. The van der Waals surface area contributed by atoms with Gasteiger partial charge in [-0.1, -0.05) is 17.3 Å². The molecule has 1 aliphatic heterocycles. The lowest BCUT2D eigenvalue weighted by atomic mass is 9.95. The number of benzene rings is 1. The van der Waals surface area contributed by atoms with E-state index in [0.29, 0.717) is 24.4 Å². The number of β-amino-alcohol motifs (C(OH)–C–C–N with tert-alkyl or cyclic N) is 1. The van der Waals surface area contributed by atoms with Crippen LogP contribution < -0.4 is 0 Å². The molecule has 1 aromatic carbocycles. The zero-order chi connectivity index (χ0) is 14.2. The van der Waals surface area contributed by atoms with Crippen molar-refractivity contribution in [3.8, 4) is 0 Å². The summed E-state index contributed by atoms with van der Waals surface area (Å²) < 4.78 is 5.21. The van der Waals surface area contributed by atoms with Gasteiger partial charge >= 0.3 is 0 Å². The van der Waals surface area contributed by atoms with Crippen LogP contribution in [0.3, 0.4) is 0 Å². The van der Waals surface area contributed by atoms with Crippen molar-refractivity contribution in [3.63, 3.8) is 0 Å². The summed E-state index contributed by atoms with van der Waals surface area (Å²) in [6.07, 6.45) is 1.79. The van der Waals surface area contributed by atoms with E-state index in [1.165, 1.54) is 0 Å². The van der Waals surface area contributed by atoms with Crippen LogP contribution in [0.25, 0.3) is 11.0 Å². The summed E-state index contributed by atoms with van der Waals surface area (Å²) >= 11 is 0. The fourth-order valence-electron chi connectivity index (χ4n) is 2.75. The second-order valence-electron chi connectivity index (χ2n) is 5.72. The van der Waals surface area contributed by atoms with Crippen molar-refractivity contribution in [2.45, 2.75) is 31.8 Å². The summed E-state index contributed by atoms with van der Waals surface area (Å²) in [5.41, 5.74) is 0.580. The van der Waals surface area contributed by atoms with Gasteiger partial charge in [-0.3, -0.25) is 4.79 Å². The van der Waals surface area contributed by atoms with Gasteiger partial charge in [0.1, 0.15) is 5.69 Å². The number of piperidine rings is 1. The largest absolute Gasteiger partial charge is 0.388 e. The van der Waals surface area contributed by atoms with E-state index in [-0.39, 0.29) is 12.3 Å². The maximum atomic E-state index is 12.3. The topological polar surface area (TPSA) is 66.6 Å². The predicted molar refractivity (Wildman–Crippen MR) is 74.2 cm³/mol. The summed E-state index contributed by atoms with van der Waals surface area (Å²) in [5, 5.41) is 14.9. The number of carbonyl (C=O) groups excluding carboxylic acids is 1. The molecule has 1 aliphatic rings. The molecule has 0 aliphatic carbocycles. The molecule has 0 saturated carbocycles. The minimum Gasteiger partial charge on any atom is -0.388 e. The molecule has 0 bridgehead atoms. The molecule has 2 aromatic rings. The van der Waals surface area contributed by atoms with Crippen molar-refractivity contribution >= 4 is 16.9 Å². The Bertz CT molecular complexity index is 633. The lowest BCUT2D eigenvalue weighted by Gasteiger charge is -2.36. The SMILES string of the molecule is CC1(O)CCCN(C(=O)Cc2noc3ccccc23)C1. The lowest BCUT2D eigenvalue weighted by Crippen LogP contribution is -2.49. The van der Waals surface area contributed by atoms with Gasteiger partial charge in [0.2, 0.25) is 5.91 Å². The molecule has 0 spiro atoms. The Labute approximate surface area is 117 Å². The van der Waals surface area contributed by atoms with Gasteiger partial charge in [-0.05, 0) is 31.9 Å². The Morgan fingerprint density at radius 2 is 2.30 bits per heavy atom. The van der Waals surface area contributed by atoms with Gasteiger partial charge in [0, 0.05) is 18.5 Å². The molecule has 1 unspecified atom stereocenters. The third kappa shape index (κ3) is 2.54. The first-order valence-corrected chi connectivity index (χ1v) is 6.89. The highest BCUT2D eigenvalue weighted by atomic mass is 16.5. The third-order valence-electron chi connectivity index (χ3n) is 3.80. The number of amides is 1. The van der Waals surface area contributed by atoms with E-state index in [9.17, 15) is 9.90 Å². The molecule has 1 N–H and O–H groups in total. The maximum absolute atomic E-state index is 12.3. The third-order valence-corrected chi connectivity index (χ3v) is 3.80. The summed E-state index contributed by atoms with van der Waals surface area (Å²) in [5.74, 6) is -0.0102. The number of para-hydroxylation sites is 1. The zero-order valence-electron chi connectivity index (χ0n) is 11.5. The van der Waals surface area contributed by atoms with E-state index in [1.807, 2.05) is 24.3 Å². The summed E-state index contributed by atoms with van der Waals surface area (Å²) in [7, 11) is 0. The van der Waals surface area contributed by atoms with Crippen LogP contribution in [0.1, 0.15) is 25.5 Å². The summed E-state index contributed by atoms with van der Waals surface area (Å²) in [4.78, 5) is 14.0. The van der Waals surface area contributed by atoms with E-state index < -0.39 is 5.60 Å². The van der Waals surface area contributed by atoms with Crippen LogP contribution in [0.5, 0.6) is 0 Å². The molecule has 106 valence electrons. The fourth-order valence-corrected chi connectivity index (χ4v) is 2.75. The van der Waals surface area contributed by atoms with Gasteiger partial charge < -0.3 is 14.5 Å². The minimum atomic E-state index is -0.778. The Kier molecular flexibility index (Phi) is 3.22. The average Bonchev–Trinajstić information content (AvgIpc) is 2.81. The number of aliphatic hydroxyl groups is 1. The van der Waals surface area contributed by atoms with E-state index in [1.54, 1.807) is 11.8 Å². The van der Waals surface area contributed by atoms with Crippen molar-refractivity contribution in [2.24, 2.45) is 0 Å². The smallest absolute Gasteiger partial charge is 0.228 e. The molecule has 2 heterocycles. The van der Waals surface area contributed by atoms with E-state index in [0.717, 1.165) is 18.2 Å². The van der Waals surface area contributed by atoms with Gasteiger partial charge in [-0.2, -0.15) is 0 Å². The second kappa shape index (κ2) is 4.90. The van der Waals surface area contributed by atoms with Crippen molar-refractivity contribution in [2.75, 3.05) is 13.1 Å². The second-order valence-corrected chi connectivity index (χ2v) is 5.72. The van der Waals surface area contributed by atoms with Crippen LogP contribution in [-0.2, 0) is 11.2 Å². The number of aromatic nitrogens is 1. The molecular weight excluding hydrogens is 256 g/mol. The number of fused-ring (bicyclic) bond motifs is 1. The predicted octanol–water partition coefficient (Wildman–Crippen LogP) is 1.74. The molecule has 5 heteroatoms. The van der Waals surface area contributed by atoms with Crippen molar-refractivity contribution < 1.29 is 14.4 Å². The highest BCUT2D eigenvalue weighted by molar-refractivity contribution is 5.86. The molecular formula is C15H18N2O3. The Morgan fingerprint density at radius 3 is 3.10 bits per heavy atom. The first-order chi connectivity index (χ1) is 9.55. The highest BCUT2D eigenvalue weighted by Gasteiger charge is 2.31. The summed E-state index contributed by atoms with van der Waals surface area (Å²) in [6.45, 7) is 2.87. The number of likely N-dealkylation sites (tertiary alicyclic amines) is 1. The van der Waals surface area contributed by atoms with E-state index in [2.05, 4.69) is 5.16 Å². The number of rotatable bonds is 2. The van der Waals surface area contributed by atoms with Crippen LogP contribution >= 0.6 is 0 Å². The number of nitrogens with zero attached hydrogens (tertiary/aromatic N) is 2. The van der Waals surface area contributed by atoms with E-state index in [4.69, 9.17) is 4.52 Å². The van der Waals surface area contributed by atoms with Crippen LogP contribution in [0.15, 0.2) is 28.8 Å². The van der Waals surface area contributed by atoms with Gasteiger partial charge in [0.15, 0.2) is 5.58 Å². The minimum absolute atomic E-state index is 0.0102. The van der Waals surface area contributed by atoms with Crippen LogP contribution in [0.2, 0.25) is 0 Å². The monoisotopic (exact) mass is 274 g/mol. The first kappa shape index (κ1) is 13.1. The normalized spacial score (nSPS) is 23.2. The number of hydrogen-bond acceptors (Lipinski definition) is 4. The van der Waals surface area contributed by atoms with Crippen LogP contribution in [0, 0.1) is 0 Å². The molecule has 20 heavy (non-hydrogen) atoms. The molecule has 1 saturated heterocycles. The Morgan fingerprint density at radius 1 is 1.50 bits per heavy atom. The van der Waals surface area contributed by atoms with Gasteiger partial charge in [0.25, 0.3) is 0 Å². The van der Waals surface area contributed by atoms with Gasteiger partial charge in [-0.15, -0.1) is 0 Å². The molecule has 1 fully saturated rings. The highest BCUT2D eigenvalue weighted by Crippen LogP contribution is 2.22. The first-order valence-electron chi connectivity index (χ1n) is 6.89. The Balaban J connectivity index is 1.76. The molecule has 1 atom stereocenters. The average molecular weight is 274 g/mol. The summed E-state index contributed by atoms with van der Waals surface area (Å²) in [6, 6.07) is 7.52. The van der Waals surface area contributed by atoms with Crippen molar-refractivity contribution in [3.05, 3.63) is 30.0 Å². The van der Waals surface area contributed by atoms with Crippen LogP contribution in [0.4, 0.5) is 0 Å². The quantitative estimate of drug-likeness (QED) is 0.906. The van der Waals surface area contributed by atoms with Gasteiger partial charge in [-0.25, -0.2) is 0 Å². The molecule has 1 amide bonds. The standard InChI is InChI=1S/C15H18N2O3/c1-15(19)7-4-8-17(10-15)14(18)9-12-11-5-2-3-6-13(11)20-16-12/h2-3,5-6,19H,4,7-10H2,1H3. The molecule has 3 rings (SSSR count). The van der Waals surface area contributed by atoms with Crippen molar-refractivity contribution in [1.29, 1.82) is 0 Å². The van der Waals surface area contributed by atoms with Gasteiger partial charge in [0.05, 0.1) is 12.0 Å². The number of carbonyl (C=O) groups is 1. The molecule has 0 radical (unpaired) electrons. The maximum Gasteiger partial charge on any atom is 0.228 e. The van der Waals surface area contributed by atoms with Crippen LogP contribution in [-0.4, -0.2) is 39.8 Å². The lowest BCUT2D eigenvalue weighted by molar-refractivity contribution is -0.136. The zero-order valence-corrected chi connectivity index (χ0v) is 11.5. The van der Waals surface area contributed by atoms with E-state index >= 15 is 0 Å².